The lowest BCUT2D eigenvalue weighted by Crippen LogP contribution is -2.55. The summed E-state index contributed by atoms with van der Waals surface area (Å²) in [5.41, 5.74) is 0.940. The number of aliphatic hydroxyl groups is 1. The number of piperidine rings is 1. The second-order valence-electron chi connectivity index (χ2n) is 7.84. The Labute approximate surface area is 154 Å². The van der Waals surface area contributed by atoms with Crippen LogP contribution in [0.25, 0.3) is 0 Å². The third-order valence-corrected chi connectivity index (χ3v) is 6.15. The first-order valence-electron chi connectivity index (χ1n) is 9.59. The molecular formula is C20H30N2O4. The fourth-order valence-electron chi connectivity index (χ4n) is 4.56. The summed E-state index contributed by atoms with van der Waals surface area (Å²) in [5.74, 6) is -0.0817. The van der Waals surface area contributed by atoms with E-state index in [4.69, 9.17) is 4.74 Å². The van der Waals surface area contributed by atoms with E-state index in [2.05, 4.69) is 0 Å². The van der Waals surface area contributed by atoms with Crippen molar-refractivity contribution in [2.75, 3.05) is 26.8 Å². The first-order chi connectivity index (χ1) is 12.4. The fraction of sp³-hybridized carbons (Fsp3) is 0.700. The highest BCUT2D eigenvalue weighted by Crippen LogP contribution is 2.40. The predicted molar refractivity (Wildman–Crippen MR) is 99.5 cm³/mol. The number of hydrogen-bond acceptors (Lipinski definition) is 4. The van der Waals surface area contributed by atoms with Gasteiger partial charge in [-0.3, -0.25) is 9.59 Å². The number of ether oxygens (including phenoxy) is 1. The van der Waals surface area contributed by atoms with Gasteiger partial charge in [0.05, 0.1) is 12.2 Å². The third-order valence-electron chi connectivity index (χ3n) is 6.15. The minimum absolute atomic E-state index is 0.121. The van der Waals surface area contributed by atoms with Crippen molar-refractivity contribution in [3.05, 3.63) is 33.2 Å². The number of pyridine rings is 1. The lowest BCUT2D eigenvalue weighted by Gasteiger charge is -2.47. The van der Waals surface area contributed by atoms with E-state index in [-0.39, 0.29) is 22.9 Å². The van der Waals surface area contributed by atoms with E-state index in [1.54, 1.807) is 16.6 Å². The summed E-state index contributed by atoms with van der Waals surface area (Å²) in [6.45, 7) is 5.61. The fourth-order valence-corrected chi connectivity index (χ4v) is 4.56. The summed E-state index contributed by atoms with van der Waals surface area (Å²) in [4.78, 5) is 27.9. The van der Waals surface area contributed by atoms with Gasteiger partial charge in [-0.05, 0) is 44.7 Å². The van der Waals surface area contributed by atoms with Crippen LogP contribution in [0, 0.1) is 19.8 Å². The maximum Gasteiger partial charge on any atom is 0.263 e. The van der Waals surface area contributed by atoms with E-state index in [0.717, 1.165) is 36.9 Å². The molecule has 0 radical (unpaired) electrons. The highest BCUT2D eigenvalue weighted by molar-refractivity contribution is 5.95. The molecule has 2 aliphatic rings. The molecule has 1 aromatic rings. The molecule has 1 aliphatic carbocycles. The molecule has 0 spiro atoms. The number of nitrogens with zero attached hydrogens (tertiary/aromatic N) is 2. The summed E-state index contributed by atoms with van der Waals surface area (Å²) >= 11 is 0. The van der Waals surface area contributed by atoms with Gasteiger partial charge in [0.2, 0.25) is 0 Å². The molecule has 0 unspecified atom stereocenters. The molecule has 1 saturated heterocycles. The van der Waals surface area contributed by atoms with Crippen molar-refractivity contribution < 1.29 is 14.6 Å². The molecule has 1 N–H and O–H groups in total. The van der Waals surface area contributed by atoms with Gasteiger partial charge in [-0.25, -0.2) is 0 Å². The Bertz CT molecular complexity index is 742. The second kappa shape index (κ2) is 7.53. The van der Waals surface area contributed by atoms with Gasteiger partial charge in [-0.2, -0.15) is 0 Å². The van der Waals surface area contributed by atoms with Crippen molar-refractivity contribution in [1.29, 1.82) is 0 Å². The zero-order chi connectivity index (χ0) is 18.9. The Morgan fingerprint density at radius 3 is 2.85 bits per heavy atom. The zero-order valence-corrected chi connectivity index (χ0v) is 16.1. The Balaban J connectivity index is 1.87. The van der Waals surface area contributed by atoms with Crippen LogP contribution in [0.4, 0.5) is 0 Å². The Morgan fingerprint density at radius 2 is 2.12 bits per heavy atom. The molecule has 1 saturated carbocycles. The van der Waals surface area contributed by atoms with Crippen LogP contribution < -0.4 is 5.56 Å². The molecule has 6 heteroatoms. The topological polar surface area (TPSA) is 71.8 Å². The van der Waals surface area contributed by atoms with Gasteiger partial charge in [0.1, 0.15) is 5.56 Å². The quantitative estimate of drug-likeness (QED) is 0.888. The summed E-state index contributed by atoms with van der Waals surface area (Å²) in [5, 5.41) is 10.8. The summed E-state index contributed by atoms with van der Waals surface area (Å²) in [6.07, 6.45) is 4.54. The smallest absolute Gasteiger partial charge is 0.263 e. The number of fused-ring (bicyclic) bond motifs is 1. The molecule has 2 atom stereocenters. The first kappa shape index (κ1) is 19.1. The zero-order valence-electron chi connectivity index (χ0n) is 16.1. The van der Waals surface area contributed by atoms with Crippen molar-refractivity contribution in [1.82, 2.24) is 9.47 Å². The molecule has 0 bridgehead atoms. The molecule has 6 nitrogen and oxygen atoms in total. The molecule has 0 aromatic carbocycles. The van der Waals surface area contributed by atoms with Crippen LogP contribution in [-0.2, 0) is 11.3 Å². The number of carbonyl (C=O) groups excluding carboxylic acids is 1. The summed E-state index contributed by atoms with van der Waals surface area (Å²) < 4.78 is 6.71. The maximum absolute atomic E-state index is 13.2. The Morgan fingerprint density at radius 1 is 1.35 bits per heavy atom. The number of likely N-dealkylation sites (tertiary alicyclic amines) is 1. The van der Waals surface area contributed by atoms with Gasteiger partial charge in [-0.15, -0.1) is 0 Å². The molecule has 2 heterocycles. The van der Waals surface area contributed by atoms with Crippen molar-refractivity contribution >= 4 is 5.91 Å². The second-order valence-corrected chi connectivity index (χ2v) is 7.84. The first-order valence-corrected chi connectivity index (χ1v) is 9.59. The number of hydrogen-bond donors (Lipinski definition) is 1. The Kier molecular flexibility index (Phi) is 5.53. The number of aromatic nitrogens is 1. The van der Waals surface area contributed by atoms with Crippen LogP contribution in [0.2, 0.25) is 0 Å². The highest BCUT2D eigenvalue weighted by atomic mass is 16.5. The number of amides is 1. The molecule has 1 aliphatic heterocycles. The lowest BCUT2D eigenvalue weighted by atomic mass is 9.71. The molecule has 144 valence electrons. The van der Waals surface area contributed by atoms with E-state index in [1.807, 2.05) is 19.9 Å². The van der Waals surface area contributed by atoms with Crippen LogP contribution in [0.3, 0.4) is 0 Å². The van der Waals surface area contributed by atoms with E-state index in [9.17, 15) is 14.7 Å². The van der Waals surface area contributed by atoms with E-state index >= 15 is 0 Å². The van der Waals surface area contributed by atoms with Crippen LogP contribution in [-0.4, -0.2) is 52.9 Å². The largest absolute Gasteiger partial charge is 0.389 e. The molecular weight excluding hydrogens is 332 g/mol. The van der Waals surface area contributed by atoms with E-state index in [1.165, 1.54) is 0 Å². The van der Waals surface area contributed by atoms with E-state index < -0.39 is 5.60 Å². The third kappa shape index (κ3) is 3.45. The molecule has 1 amide bonds. The van der Waals surface area contributed by atoms with Crippen molar-refractivity contribution in [3.63, 3.8) is 0 Å². The molecule has 1 aromatic heterocycles. The number of aryl methyl sites for hydroxylation is 2. The lowest BCUT2D eigenvalue weighted by molar-refractivity contribution is -0.0886. The van der Waals surface area contributed by atoms with Crippen molar-refractivity contribution in [2.45, 2.75) is 58.1 Å². The molecule has 2 fully saturated rings. The van der Waals surface area contributed by atoms with Crippen molar-refractivity contribution in [3.8, 4) is 0 Å². The van der Waals surface area contributed by atoms with Crippen LogP contribution in [0.1, 0.15) is 53.7 Å². The normalized spacial score (nSPS) is 25.8. The van der Waals surface area contributed by atoms with Gasteiger partial charge < -0.3 is 19.3 Å². The number of methoxy groups -OCH3 is 1. The average molecular weight is 362 g/mol. The minimum atomic E-state index is -0.629. The van der Waals surface area contributed by atoms with Gasteiger partial charge in [-0.1, -0.05) is 12.8 Å². The summed E-state index contributed by atoms with van der Waals surface area (Å²) in [7, 11) is 1.60. The highest BCUT2D eigenvalue weighted by Gasteiger charge is 2.44. The number of rotatable bonds is 4. The standard InChI is InChI=1S/C20H30N2O4/c1-14-12-15(2)22(10-11-26-3)19(24)17(14)18(23)21-9-8-20(25)7-5-4-6-16(20)13-21/h12,16,25H,4-11,13H2,1-3H3/t16-,20+/m0/s1. The monoisotopic (exact) mass is 362 g/mol. The van der Waals surface area contributed by atoms with Crippen molar-refractivity contribution in [2.24, 2.45) is 5.92 Å². The van der Waals surface area contributed by atoms with E-state index in [0.29, 0.717) is 32.7 Å². The van der Waals surface area contributed by atoms with Crippen LogP contribution >= 0.6 is 0 Å². The minimum Gasteiger partial charge on any atom is -0.389 e. The van der Waals surface area contributed by atoms with Crippen LogP contribution in [0.5, 0.6) is 0 Å². The van der Waals surface area contributed by atoms with Crippen LogP contribution in [0.15, 0.2) is 10.9 Å². The molecule has 3 rings (SSSR count). The molecule has 26 heavy (non-hydrogen) atoms. The predicted octanol–water partition coefficient (Wildman–Crippen LogP) is 1.88. The Hall–Kier alpha value is -1.66. The number of carbonyl (C=O) groups is 1. The summed E-state index contributed by atoms with van der Waals surface area (Å²) in [6, 6.07) is 1.89. The maximum atomic E-state index is 13.2. The van der Waals surface area contributed by atoms with Gasteiger partial charge in [0.15, 0.2) is 0 Å². The average Bonchev–Trinajstić information content (AvgIpc) is 2.60. The van der Waals surface area contributed by atoms with Gasteiger partial charge >= 0.3 is 0 Å². The van der Waals surface area contributed by atoms with Gasteiger partial charge in [0, 0.05) is 38.4 Å². The van der Waals surface area contributed by atoms with Gasteiger partial charge in [0.25, 0.3) is 11.5 Å². The SMILES string of the molecule is COCCn1c(C)cc(C)c(C(=O)N2CC[C@]3(O)CCCC[C@H]3C2)c1=O.